The van der Waals surface area contributed by atoms with Gasteiger partial charge in [-0.15, -0.1) is 11.6 Å². The molecule has 1 saturated heterocycles. The second-order valence-electron chi connectivity index (χ2n) is 4.40. The van der Waals surface area contributed by atoms with E-state index in [9.17, 15) is 4.79 Å². The number of benzene rings is 1. The molecule has 0 aliphatic carbocycles. The number of alkyl halides is 1. The highest BCUT2D eigenvalue weighted by atomic mass is 35.5. The fraction of sp³-hybridized carbons (Fsp3) is 0.462. The Morgan fingerprint density at radius 1 is 1.59 bits per heavy atom. The maximum absolute atomic E-state index is 10.8. The number of rotatable bonds is 4. The van der Waals surface area contributed by atoms with E-state index < -0.39 is 0 Å². The number of carbonyl (C=O) groups is 1. The van der Waals surface area contributed by atoms with Gasteiger partial charge in [0.15, 0.2) is 0 Å². The van der Waals surface area contributed by atoms with Crippen molar-refractivity contribution < 1.29 is 4.79 Å². The summed E-state index contributed by atoms with van der Waals surface area (Å²) in [6, 6.07) is 6.47. The van der Waals surface area contributed by atoms with Crippen LogP contribution in [-0.2, 0) is 10.7 Å². The third-order valence-electron chi connectivity index (χ3n) is 3.24. The standard InChI is InChI=1S/C13H17ClN2O/c1-9(7-17)10-2-3-12(11(4-10)5-14)13-6-15-8-16-13/h2-4,7,9,13,15-16H,5-6,8H2,1H3. The van der Waals surface area contributed by atoms with Crippen LogP contribution in [0.2, 0.25) is 0 Å². The van der Waals surface area contributed by atoms with E-state index in [1.165, 1.54) is 5.56 Å². The van der Waals surface area contributed by atoms with Crippen molar-refractivity contribution in [1.82, 2.24) is 10.6 Å². The molecule has 1 heterocycles. The van der Waals surface area contributed by atoms with E-state index in [0.717, 1.165) is 30.6 Å². The van der Waals surface area contributed by atoms with Crippen LogP contribution >= 0.6 is 11.6 Å². The molecule has 0 radical (unpaired) electrons. The summed E-state index contributed by atoms with van der Waals surface area (Å²) >= 11 is 5.99. The highest BCUT2D eigenvalue weighted by Gasteiger charge is 2.19. The minimum atomic E-state index is -0.0688. The van der Waals surface area contributed by atoms with Gasteiger partial charge < -0.3 is 10.1 Å². The Morgan fingerprint density at radius 2 is 2.41 bits per heavy atom. The number of hydrogen-bond donors (Lipinski definition) is 2. The predicted octanol–water partition coefficient (Wildman–Crippen LogP) is 1.92. The number of carbonyl (C=O) groups excluding carboxylic acids is 1. The topological polar surface area (TPSA) is 41.1 Å². The van der Waals surface area contributed by atoms with Gasteiger partial charge in [-0.3, -0.25) is 5.32 Å². The first-order chi connectivity index (χ1) is 8.26. The Hall–Kier alpha value is -0.900. The Morgan fingerprint density at radius 3 is 3.00 bits per heavy atom. The summed E-state index contributed by atoms with van der Waals surface area (Å²) in [4.78, 5) is 10.8. The zero-order valence-electron chi connectivity index (χ0n) is 9.87. The van der Waals surface area contributed by atoms with Gasteiger partial charge in [-0.05, 0) is 16.7 Å². The second kappa shape index (κ2) is 5.63. The maximum atomic E-state index is 10.8. The third kappa shape index (κ3) is 2.68. The molecule has 0 amide bonds. The molecular formula is C13H17ClN2O. The summed E-state index contributed by atoms with van der Waals surface area (Å²) in [6.07, 6.45) is 0.961. The Kier molecular flexibility index (Phi) is 4.15. The SMILES string of the molecule is CC(C=O)c1ccc(C2CNCN2)c(CCl)c1. The molecule has 0 spiro atoms. The molecule has 1 fully saturated rings. The lowest BCUT2D eigenvalue weighted by Gasteiger charge is -2.16. The highest BCUT2D eigenvalue weighted by Crippen LogP contribution is 2.25. The van der Waals surface area contributed by atoms with E-state index in [1.54, 1.807) is 0 Å². The molecule has 2 unspecified atom stereocenters. The van der Waals surface area contributed by atoms with E-state index in [1.807, 2.05) is 19.1 Å². The van der Waals surface area contributed by atoms with Crippen molar-refractivity contribution in [2.24, 2.45) is 0 Å². The van der Waals surface area contributed by atoms with Gasteiger partial charge in [-0.2, -0.15) is 0 Å². The largest absolute Gasteiger partial charge is 0.303 e. The molecule has 0 aromatic heterocycles. The fourth-order valence-corrected chi connectivity index (χ4v) is 2.38. The molecule has 17 heavy (non-hydrogen) atoms. The summed E-state index contributed by atoms with van der Waals surface area (Å²) in [7, 11) is 0. The van der Waals surface area contributed by atoms with Crippen LogP contribution in [0.4, 0.5) is 0 Å². The van der Waals surface area contributed by atoms with Gasteiger partial charge in [0.25, 0.3) is 0 Å². The number of nitrogens with one attached hydrogen (secondary N) is 2. The summed E-state index contributed by atoms with van der Waals surface area (Å²) < 4.78 is 0. The average molecular weight is 253 g/mol. The molecule has 1 aromatic carbocycles. The fourth-order valence-electron chi connectivity index (χ4n) is 2.15. The van der Waals surface area contributed by atoms with Gasteiger partial charge in [0.05, 0.1) is 0 Å². The zero-order chi connectivity index (χ0) is 12.3. The Bertz CT molecular complexity index is 402. The van der Waals surface area contributed by atoms with Crippen molar-refractivity contribution in [3.05, 3.63) is 34.9 Å². The molecule has 92 valence electrons. The lowest BCUT2D eigenvalue weighted by atomic mass is 9.94. The van der Waals surface area contributed by atoms with Gasteiger partial charge in [-0.1, -0.05) is 25.1 Å². The van der Waals surface area contributed by atoms with Crippen LogP contribution in [0.25, 0.3) is 0 Å². The predicted molar refractivity (Wildman–Crippen MR) is 69.2 cm³/mol. The number of hydrogen-bond acceptors (Lipinski definition) is 3. The van der Waals surface area contributed by atoms with Gasteiger partial charge in [-0.25, -0.2) is 0 Å². The van der Waals surface area contributed by atoms with Crippen molar-refractivity contribution >= 4 is 17.9 Å². The van der Waals surface area contributed by atoms with Crippen molar-refractivity contribution in [2.45, 2.75) is 24.8 Å². The molecule has 3 nitrogen and oxygen atoms in total. The van der Waals surface area contributed by atoms with Crippen LogP contribution in [0, 0.1) is 0 Å². The lowest BCUT2D eigenvalue weighted by molar-refractivity contribution is -0.108. The molecule has 4 heteroatoms. The van der Waals surface area contributed by atoms with Gasteiger partial charge in [0.1, 0.15) is 6.29 Å². The summed E-state index contributed by atoms with van der Waals surface area (Å²) in [5, 5.41) is 6.63. The molecule has 2 N–H and O–H groups in total. The highest BCUT2D eigenvalue weighted by molar-refractivity contribution is 6.17. The summed E-state index contributed by atoms with van der Waals surface area (Å²) in [5.74, 6) is 0.410. The summed E-state index contributed by atoms with van der Waals surface area (Å²) in [6.45, 7) is 3.65. The molecule has 1 aromatic rings. The quantitative estimate of drug-likeness (QED) is 0.636. The normalized spacial score (nSPS) is 21.4. The molecular weight excluding hydrogens is 236 g/mol. The van der Waals surface area contributed by atoms with Crippen molar-refractivity contribution in [3.8, 4) is 0 Å². The van der Waals surface area contributed by atoms with E-state index in [4.69, 9.17) is 11.6 Å². The molecule has 2 rings (SSSR count). The van der Waals surface area contributed by atoms with Crippen LogP contribution in [0.5, 0.6) is 0 Å². The Labute approximate surface area is 107 Å². The number of aldehydes is 1. The van der Waals surface area contributed by atoms with E-state index in [0.29, 0.717) is 11.9 Å². The van der Waals surface area contributed by atoms with Gasteiger partial charge in [0, 0.05) is 31.1 Å². The second-order valence-corrected chi connectivity index (χ2v) is 4.67. The van der Waals surface area contributed by atoms with Crippen molar-refractivity contribution in [3.63, 3.8) is 0 Å². The Balaban J connectivity index is 2.30. The van der Waals surface area contributed by atoms with Crippen LogP contribution < -0.4 is 10.6 Å². The van der Waals surface area contributed by atoms with Crippen molar-refractivity contribution in [1.29, 1.82) is 0 Å². The first kappa shape index (κ1) is 12.6. The van der Waals surface area contributed by atoms with Gasteiger partial charge in [0.2, 0.25) is 0 Å². The minimum Gasteiger partial charge on any atom is -0.303 e. The van der Waals surface area contributed by atoms with Crippen molar-refractivity contribution in [2.75, 3.05) is 13.2 Å². The third-order valence-corrected chi connectivity index (χ3v) is 3.53. The van der Waals surface area contributed by atoms with E-state index >= 15 is 0 Å². The van der Waals surface area contributed by atoms with E-state index in [2.05, 4.69) is 16.7 Å². The van der Waals surface area contributed by atoms with Crippen LogP contribution in [-0.4, -0.2) is 19.5 Å². The first-order valence-corrected chi connectivity index (χ1v) is 6.37. The average Bonchev–Trinajstić information content (AvgIpc) is 2.90. The van der Waals surface area contributed by atoms with Crippen LogP contribution in [0.1, 0.15) is 35.6 Å². The van der Waals surface area contributed by atoms with Gasteiger partial charge >= 0.3 is 0 Å². The monoisotopic (exact) mass is 252 g/mol. The molecule has 2 atom stereocenters. The van der Waals surface area contributed by atoms with E-state index in [-0.39, 0.29) is 5.92 Å². The van der Waals surface area contributed by atoms with Crippen LogP contribution in [0.3, 0.4) is 0 Å². The zero-order valence-corrected chi connectivity index (χ0v) is 10.6. The maximum Gasteiger partial charge on any atom is 0.127 e. The lowest BCUT2D eigenvalue weighted by Crippen LogP contribution is -2.16. The number of halogens is 1. The minimum absolute atomic E-state index is 0.0688. The summed E-state index contributed by atoms with van der Waals surface area (Å²) in [5.41, 5.74) is 3.37. The van der Waals surface area contributed by atoms with Crippen LogP contribution in [0.15, 0.2) is 18.2 Å². The molecule has 1 aliphatic rings. The first-order valence-electron chi connectivity index (χ1n) is 5.84. The molecule has 1 aliphatic heterocycles. The molecule has 0 saturated carbocycles. The smallest absolute Gasteiger partial charge is 0.127 e. The molecule has 0 bridgehead atoms.